The fraction of sp³-hybridized carbons (Fsp3) is 0.405. The fourth-order valence-corrected chi connectivity index (χ4v) is 5.14. The molecule has 0 saturated carbocycles. The normalized spacial score (nSPS) is 12.1. The maximum atomic E-state index is 13.5. The van der Waals surface area contributed by atoms with Gasteiger partial charge in [-0.25, -0.2) is 8.78 Å². The van der Waals surface area contributed by atoms with Crippen LogP contribution in [0.15, 0.2) is 72.8 Å². The number of hydrogen-bond donors (Lipinski definition) is 3. The topological polar surface area (TPSA) is 78.4 Å². The van der Waals surface area contributed by atoms with E-state index < -0.39 is 0 Å². The minimum absolute atomic E-state index is 0.0147. The Labute approximate surface area is 260 Å². The zero-order chi connectivity index (χ0) is 32.5. The highest BCUT2D eigenvalue weighted by molar-refractivity contribution is 5.95. The minimum atomic E-state index is -0.328. The van der Waals surface area contributed by atoms with Gasteiger partial charge >= 0.3 is 0 Å². The molecule has 0 radical (unpaired) electrons. The average molecular weight is 605 g/mol. The maximum Gasteiger partial charge on any atom is 0.251 e. The van der Waals surface area contributed by atoms with Crippen LogP contribution >= 0.6 is 0 Å². The van der Waals surface area contributed by atoms with Crippen molar-refractivity contribution in [2.45, 2.75) is 84.0 Å². The van der Waals surface area contributed by atoms with Gasteiger partial charge in [-0.3, -0.25) is 9.59 Å². The lowest BCUT2D eigenvalue weighted by atomic mass is 9.78. The molecule has 0 fully saturated rings. The summed E-state index contributed by atoms with van der Waals surface area (Å²) in [5.41, 5.74) is 3.21. The van der Waals surface area contributed by atoms with Crippen molar-refractivity contribution in [1.29, 1.82) is 0 Å². The molecule has 0 unspecified atom stereocenters. The van der Waals surface area contributed by atoms with Crippen molar-refractivity contribution >= 4 is 11.8 Å². The summed E-state index contributed by atoms with van der Waals surface area (Å²) >= 11 is 0. The first-order valence-corrected chi connectivity index (χ1v) is 15.3. The molecule has 44 heavy (non-hydrogen) atoms. The molecular formula is C37H46F2N2O3. The summed E-state index contributed by atoms with van der Waals surface area (Å²) in [4.78, 5) is 25.3. The number of phenolic OH excluding ortho intramolecular Hbond substituents is 1. The number of benzene rings is 3. The lowest BCUT2D eigenvalue weighted by Gasteiger charge is -2.28. The lowest BCUT2D eigenvalue weighted by molar-refractivity contribution is -0.121. The third-order valence-electron chi connectivity index (χ3n) is 7.64. The number of nitrogens with one attached hydrogen (secondary N) is 2. The van der Waals surface area contributed by atoms with Gasteiger partial charge in [0.2, 0.25) is 5.91 Å². The van der Waals surface area contributed by atoms with Crippen molar-refractivity contribution in [3.8, 4) is 5.75 Å². The summed E-state index contributed by atoms with van der Waals surface area (Å²) < 4.78 is 26.9. The Morgan fingerprint density at radius 1 is 0.750 bits per heavy atom. The van der Waals surface area contributed by atoms with Gasteiger partial charge in [-0.05, 0) is 71.2 Å². The predicted molar refractivity (Wildman–Crippen MR) is 173 cm³/mol. The zero-order valence-electron chi connectivity index (χ0n) is 26.8. The smallest absolute Gasteiger partial charge is 0.251 e. The number of carbonyl (C=O) groups is 2. The van der Waals surface area contributed by atoms with E-state index in [0.29, 0.717) is 31.5 Å². The molecule has 0 saturated heterocycles. The molecule has 3 aromatic carbocycles. The fourth-order valence-electron chi connectivity index (χ4n) is 5.14. The molecule has 236 valence electrons. The summed E-state index contributed by atoms with van der Waals surface area (Å²) in [5, 5.41) is 16.6. The molecular weight excluding hydrogens is 558 g/mol. The van der Waals surface area contributed by atoms with Crippen LogP contribution in [0.1, 0.15) is 106 Å². The van der Waals surface area contributed by atoms with Crippen LogP contribution in [0.5, 0.6) is 5.75 Å². The number of amides is 2. The van der Waals surface area contributed by atoms with E-state index >= 15 is 0 Å². The van der Waals surface area contributed by atoms with Gasteiger partial charge in [0.25, 0.3) is 5.91 Å². The van der Waals surface area contributed by atoms with Crippen LogP contribution in [-0.2, 0) is 15.6 Å². The van der Waals surface area contributed by atoms with Gasteiger partial charge in [-0.15, -0.1) is 0 Å². The number of phenols is 1. The van der Waals surface area contributed by atoms with Crippen LogP contribution < -0.4 is 10.6 Å². The Kier molecular flexibility index (Phi) is 11.9. The summed E-state index contributed by atoms with van der Waals surface area (Å²) in [6, 6.07) is 16.2. The second-order valence-corrected chi connectivity index (χ2v) is 13.3. The molecule has 3 N–H and O–H groups in total. The first kappa shape index (κ1) is 34.5. The van der Waals surface area contributed by atoms with E-state index in [1.54, 1.807) is 48.6 Å². The van der Waals surface area contributed by atoms with Gasteiger partial charge in [0.1, 0.15) is 17.4 Å². The van der Waals surface area contributed by atoms with Crippen LogP contribution in [0.2, 0.25) is 0 Å². The monoisotopic (exact) mass is 604 g/mol. The van der Waals surface area contributed by atoms with Gasteiger partial charge in [-0.2, -0.15) is 0 Å². The molecule has 3 rings (SSSR count). The third kappa shape index (κ3) is 10.0. The van der Waals surface area contributed by atoms with Crippen molar-refractivity contribution in [1.82, 2.24) is 10.6 Å². The van der Waals surface area contributed by atoms with Crippen LogP contribution in [-0.4, -0.2) is 30.0 Å². The molecule has 0 aromatic heterocycles. The second-order valence-electron chi connectivity index (χ2n) is 13.3. The molecule has 0 aliphatic rings. The number of carbonyl (C=O) groups excluding carboxylic acids is 2. The van der Waals surface area contributed by atoms with Gasteiger partial charge in [-0.1, -0.05) is 84.4 Å². The van der Waals surface area contributed by atoms with Crippen molar-refractivity contribution < 1.29 is 23.5 Å². The van der Waals surface area contributed by atoms with E-state index in [9.17, 15) is 23.5 Å². The van der Waals surface area contributed by atoms with Crippen LogP contribution in [0.3, 0.4) is 0 Å². The molecule has 5 nitrogen and oxygen atoms in total. The first-order chi connectivity index (χ1) is 20.7. The summed E-state index contributed by atoms with van der Waals surface area (Å²) in [7, 11) is 0. The maximum absolute atomic E-state index is 13.5. The molecule has 3 aromatic rings. The van der Waals surface area contributed by atoms with E-state index in [4.69, 9.17) is 0 Å². The summed E-state index contributed by atoms with van der Waals surface area (Å²) in [6.07, 6.45) is 6.18. The van der Waals surface area contributed by atoms with Gasteiger partial charge in [0, 0.05) is 42.1 Å². The van der Waals surface area contributed by atoms with Crippen LogP contribution in [0.25, 0.3) is 0 Å². The molecule has 0 spiro atoms. The number of aromatic hydroxyl groups is 1. The molecule has 0 aliphatic heterocycles. The van der Waals surface area contributed by atoms with Crippen LogP contribution in [0, 0.1) is 11.6 Å². The predicted octanol–water partition coefficient (Wildman–Crippen LogP) is 8.06. The van der Waals surface area contributed by atoms with Crippen molar-refractivity contribution in [2.24, 2.45) is 0 Å². The third-order valence-corrected chi connectivity index (χ3v) is 7.64. The number of hydrogen-bond acceptors (Lipinski definition) is 3. The Hall–Kier alpha value is -4.00. The van der Waals surface area contributed by atoms with E-state index in [2.05, 4.69) is 10.6 Å². The first-order valence-electron chi connectivity index (χ1n) is 15.3. The van der Waals surface area contributed by atoms with E-state index in [1.807, 2.05) is 41.5 Å². The Bertz CT molecular complexity index is 1350. The van der Waals surface area contributed by atoms with Gasteiger partial charge in [0.05, 0.1) is 0 Å². The molecule has 7 heteroatoms. The van der Waals surface area contributed by atoms with E-state index in [-0.39, 0.29) is 45.9 Å². The molecule has 2 amide bonds. The largest absolute Gasteiger partial charge is 0.507 e. The molecule has 0 bridgehead atoms. The quantitative estimate of drug-likeness (QED) is 0.145. The molecule has 0 atom stereocenters. The van der Waals surface area contributed by atoms with E-state index in [1.165, 1.54) is 24.3 Å². The zero-order valence-corrected chi connectivity index (χ0v) is 26.8. The highest BCUT2D eigenvalue weighted by atomic mass is 19.1. The second kappa shape index (κ2) is 15.1. The summed E-state index contributed by atoms with van der Waals surface area (Å²) in [5.74, 6) is -0.679. The molecule has 0 heterocycles. The highest BCUT2D eigenvalue weighted by Crippen LogP contribution is 2.39. The van der Waals surface area contributed by atoms with Gasteiger partial charge in [0.15, 0.2) is 0 Å². The Balaban J connectivity index is 1.44. The Morgan fingerprint density at radius 3 is 1.66 bits per heavy atom. The highest BCUT2D eigenvalue weighted by Gasteiger charge is 2.27. The van der Waals surface area contributed by atoms with E-state index in [0.717, 1.165) is 35.1 Å². The van der Waals surface area contributed by atoms with Crippen molar-refractivity contribution in [2.75, 3.05) is 13.1 Å². The lowest BCUT2D eigenvalue weighted by Crippen LogP contribution is -2.26. The number of rotatable bonds is 12. The van der Waals surface area contributed by atoms with Gasteiger partial charge < -0.3 is 15.7 Å². The van der Waals surface area contributed by atoms with Crippen molar-refractivity contribution in [3.05, 3.63) is 112 Å². The average Bonchev–Trinajstić information content (AvgIpc) is 2.95. The standard InChI is InChI=1S/C37H46F2N2O3/c1-36(2,3)31-23-27(24-32(34(31)43)37(4,5)6)35(44)41-22-10-9-21-40-33(42)12-8-7-11-30(25-13-17-28(38)18-14-25)26-15-19-29(39)20-16-26/h9-10,13-20,23-24,30,43H,7-8,11-12,21-22H2,1-6H3,(H,40,42)(H,41,44)/b10-9-. The summed E-state index contributed by atoms with van der Waals surface area (Å²) in [6.45, 7) is 12.7. The number of halogens is 2. The molecule has 0 aliphatic carbocycles. The minimum Gasteiger partial charge on any atom is -0.507 e. The van der Waals surface area contributed by atoms with Crippen LogP contribution in [0.4, 0.5) is 8.78 Å². The number of unbranched alkanes of at least 4 members (excludes halogenated alkanes) is 1. The SMILES string of the molecule is CC(C)(C)c1cc(C(=O)NC/C=C\CNC(=O)CCCCC(c2ccc(F)cc2)c2ccc(F)cc2)cc(C(C)(C)C)c1O. The van der Waals surface area contributed by atoms with Crippen molar-refractivity contribution in [3.63, 3.8) is 0 Å². The Morgan fingerprint density at radius 2 is 1.20 bits per heavy atom.